The van der Waals surface area contributed by atoms with Crippen molar-refractivity contribution in [2.75, 3.05) is 46.6 Å². The van der Waals surface area contributed by atoms with Gasteiger partial charge in [0.2, 0.25) is 11.8 Å². The average Bonchev–Trinajstić information content (AvgIpc) is 3.53. The molecule has 0 radical (unpaired) electrons. The van der Waals surface area contributed by atoms with Crippen LogP contribution in [0.3, 0.4) is 0 Å². The zero-order chi connectivity index (χ0) is 26.6. The van der Waals surface area contributed by atoms with Crippen LogP contribution in [0.15, 0.2) is 73.1 Å². The van der Waals surface area contributed by atoms with Gasteiger partial charge in [-0.2, -0.15) is 0 Å². The Morgan fingerprint density at radius 2 is 1.84 bits per heavy atom. The van der Waals surface area contributed by atoms with Crippen LogP contribution in [-0.4, -0.2) is 71.1 Å². The Bertz CT molecular complexity index is 1450. The van der Waals surface area contributed by atoms with Crippen LogP contribution in [0.4, 0.5) is 5.82 Å². The largest absolute Gasteiger partial charge is 0.482 e. The van der Waals surface area contributed by atoms with Gasteiger partial charge in [0.05, 0.1) is 24.1 Å². The quantitative estimate of drug-likeness (QED) is 0.350. The van der Waals surface area contributed by atoms with Gasteiger partial charge in [0.1, 0.15) is 29.3 Å². The molecule has 2 aromatic carbocycles. The lowest BCUT2D eigenvalue weighted by Crippen LogP contribution is -2.27. The normalized spacial score (nSPS) is 15.6. The number of rotatable bonds is 8. The third-order valence-electron chi connectivity index (χ3n) is 6.65. The SMILES string of the molecule is COc1c(-c2ccc(Oc3ccccc3)cc2)c2c(N)ncnc2n1C1CCN(C(=O)C=CCN(C)C)C1. The second-order valence-electron chi connectivity index (χ2n) is 9.54. The van der Waals surface area contributed by atoms with Gasteiger partial charge in [0, 0.05) is 25.7 Å². The number of carbonyl (C=O) groups is 1. The van der Waals surface area contributed by atoms with Crippen molar-refractivity contribution in [3.05, 3.63) is 73.1 Å². The lowest BCUT2D eigenvalue weighted by molar-refractivity contribution is -0.125. The molecule has 1 amide bonds. The van der Waals surface area contributed by atoms with Crippen molar-refractivity contribution in [1.82, 2.24) is 24.3 Å². The monoisotopic (exact) mass is 512 g/mol. The van der Waals surface area contributed by atoms with Crippen LogP contribution in [-0.2, 0) is 4.79 Å². The van der Waals surface area contributed by atoms with E-state index < -0.39 is 0 Å². The lowest BCUT2D eigenvalue weighted by atomic mass is 10.1. The number of nitrogens with two attached hydrogens (primary N) is 1. The summed E-state index contributed by atoms with van der Waals surface area (Å²) in [5, 5.41) is 0.733. The van der Waals surface area contributed by atoms with Gasteiger partial charge in [0.25, 0.3) is 0 Å². The molecule has 0 spiro atoms. The molecule has 9 heteroatoms. The van der Waals surface area contributed by atoms with Gasteiger partial charge < -0.3 is 25.0 Å². The summed E-state index contributed by atoms with van der Waals surface area (Å²) in [5.41, 5.74) is 8.81. The maximum absolute atomic E-state index is 12.8. The Balaban J connectivity index is 1.48. The van der Waals surface area contributed by atoms with E-state index in [-0.39, 0.29) is 11.9 Å². The fraction of sp³-hybridized carbons (Fsp3) is 0.276. The van der Waals surface area contributed by atoms with E-state index in [9.17, 15) is 4.79 Å². The molecule has 38 heavy (non-hydrogen) atoms. The van der Waals surface area contributed by atoms with Gasteiger partial charge in [-0.1, -0.05) is 36.4 Å². The molecule has 0 saturated carbocycles. The molecule has 1 aliphatic heterocycles. The highest BCUT2D eigenvalue weighted by Gasteiger charge is 2.32. The van der Waals surface area contributed by atoms with E-state index in [0.717, 1.165) is 34.4 Å². The zero-order valence-electron chi connectivity index (χ0n) is 21.9. The van der Waals surface area contributed by atoms with Crippen molar-refractivity contribution < 1.29 is 14.3 Å². The summed E-state index contributed by atoms with van der Waals surface area (Å²) in [6, 6.07) is 17.4. The predicted molar refractivity (Wildman–Crippen MR) is 148 cm³/mol. The number of likely N-dealkylation sites (N-methyl/N-ethyl adjacent to an activating group) is 1. The number of methoxy groups -OCH3 is 1. The van der Waals surface area contributed by atoms with Crippen LogP contribution in [0.2, 0.25) is 0 Å². The molecule has 1 saturated heterocycles. The van der Waals surface area contributed by atoms with Gasteiger partial charge in [0.15, 0.2) is 0 Å². The molecule has 4 aromatic rings. The minimum Gasteiger partial charge on any atom is -0.482 e. The molecule has 3 heterocycles. The highest BCUT2D eigenvalue weighted by Crippen LogP contribution is 2.45. The zero-order valence-corrected chi connectivity index (χ0v) is 21.9. The molecule has 2 N–H and O–H groups in total. The summed E-state index contributed by atoms with van der Waals surface area (Å²) < 4.78 is 14.0. The standard InChI is InChI=1S/C29H32N6O3/c1-33(2)16-7-10-24(36)34-17-15-21(18-34)35-28-26(27(30)31-19-32-28)25(29(35)37-3)20-11-13-23(14-12-20)38-22-8-5-4-6-9-22/h4-14,19,21H,15-18H2,1-3H3,(H2,30,31,32). The van der Waals surface area contributed by atoms with Gasteiger partial charge in [-0.25, -0.2) is 9.97 Å². The topological polar surface area (TPSA) is 98.7 Å². The van der Waals surface area contributed by atoms with E-state index in [1.54, 1.807) is 13.2 Å². The molecule has 1 unspecified atom stereocenters. The van der Waals surface area contributed by atoms with Crippen LogP contribution < -0.4 is 15.2 Å². The summed E-state index contributed by atoms with van der Waals surface area (Å²) >= 11 is 0. The molecule has 0 aliphatic carbocycles. The number of fused-ring (bicyclic) bond motifs is 1. The first-order chi connectivity index (χ1) is 18.5. The number of aromatic nitrogens is 3. The summed E-state index contributed by atoms with van der Waals surface area (Å²) in [4.78, 5) is 25.5. The molecule has 1 aliphatic rings. The Hall–Kier alpha value is -4.37. The Morgan fingerprint density at radius 3 is 2.55 bits per heavy atom. The van der Waals surface area contributed by atoms with E-state index in [2.05, 4.69) is 14.5 Å². The smallest absolute Gasteiger partial charge is 0.246 e. The number of para-hydroxylation sites is 1. The predicted octanol–water partition coefficient (Wildman–Crippen LogP) is 4.37. The Morgan fingerprint density at radius 1 is 1.11 bits per heavy atom. The first kappa shape index (κ1) is 25.3. The minimum absolute atomic E-state index is 0.00754. The first-order valence-electron chi connectivity index (χ1n) is 12.6. The van der Waals surface area contributed by atoms with E-state index >= 15 is 0 Å². The average molecular weight is 513 g/mol. The third kappa shape index (κ3) is 5.05. The number of carbonyl (C=O) groups excluding carboxylic acids is 1. The van der Waals surface area contributed by atoms with Crippen molar-refractivity contribution in [3.8, 4) is 28.5 Å². The number of ether oxygens (including phenoxy) is 2. The fourth-order valence-electron chi connectivity index (χ4n) is 4.88. The second kappa shape index (κ2) is 10.9. The van der Waals surface area contributed by atoms with Crippen molar-refractivity contribution in [2.24, 2.45) is 0 Å². The van der Waals surface area contributed by atoms with Crippen LogP contribution >= 0.6 is 0 Å². The van der Waals surface area contributed by atoms with Crippen molar-refractivity contribution >= 4 is 22.8 Å². The minimum atomic E-state index is -0.0117. The summed E-state index contributed by atoms with van der Waals surface area (Å²) in [6.45, 7) is 1.92. The van der Waals surface area contributed by atoms with Gasteiger partial charge in [-0.15, -0.1) is 0 Å². The number of hydrogen-bond acceptors (Lipinski definition) is 7. The molecule has 0 bridgehead atoms. The van der Waals surface area contributed by atoms with E-state index in [4.69, 9.17) is 15.2 Å². The van der Waals surface area contributed by atoms with Crippen LogP contribution in [0.25, 0.3) is 22.2 Å². The summed E-state index contributed by atoms with van der Waals surface area (Å²) in [6.07, 6.45) is 5.78. The Kier molecular flexibility index (Phi) is 7.28. The number of likely N-dealkylation sites (tertiary alicyclic amines) is 1. The molecular formula is C29H32N6O3. The molecule has 1 atom stereocenters. The van der Waals surface area contributed by atoms with Crippen LogP contribution in [0.1, 0.15) is 12.5 Å². The van der Waals surface area contributed by atoms with Crippen LogP contribution in [0, 0.1) is 0 Å². The number of amides is 1. The number of hydrogen-bond donors (Lipinski definition) is 1. The first-order valence-corrected chi connectivity index (χ1v) is 12.6. The van der Waals surface area contributed by atoms with Gasteiger partial charge >= 0.3 is 0 Å². The van der Waals surface area contributed by atoms with Crippen LogP contribution in [0.5, 0.6) is 17.4 Å². The molecule has 9 nitrogen and oxygen atoms in total. The van der Waals surface area contributed by atoms with Crippen molar-refractivity contribution in [1.29, 1.82) is 0 Å². The fourth-order valence-corrected chi connectivity index (χ4v) is 4.88. The van der Waals surface area contributed by atoms with E-state index in [0.29, 0.717) is 37.0 Å². The van der Waals surface area contributed by atoms with Crippen molar-refractivity contribution in [2.45, 2.75) is 12.5 Å². The third-order valence-corrected chi connectivity index (χ3v) is 6.65. The molecule has 2 aromatic heterocycles. The molecule has 5 rings (SSSR count). The van der Waals surface area contributed by atoms with Crippen molar-refractivity contribution in [3.63, 3.8) is 0 Å². The molecule has 1 fully saturated rings. The number of nitrogens with zero attached hydrogens (tertiary/aromatic N) is 5. The lowest BCUT2D eigenvalue weighted by Gasteiger charge is -2.18. The molecule has 196 valence electrons. The molecular weight excluding hydrogens is 480 g/mol. The summed E-state index contributed by atoms with van der Waals surface area (Å²) in [5.74, 6) is 2.52. The highest BCUT2D eigenvalue weighted by molar-refractivity contribution is 6.04. The second-order valence-corrected chi connectivity index (χ2v) is 9.54. The number of nitrogen functional groups attached to an aromatic ring is 1. The highest BCUT2D eigenvalue weighted by atomic mass is 16.5. The number of benzene rings is 2. The maximum atomic E-state index is 12.8. The van der Waals surface area contributed by atoms with E-state index in [1.165, 1.54) is 6.33 Å². The maximum Gasteiger partial charge on any atom is 0.246 e. The van der Waals surface area contributed by atoms with Gasteiger partial charge in [-0.3, -0.25) is 9.36 Å². The summed E-state index contributed by atoms with van der Waals surface area (Å²) in [7, 11) is 5.59. The van der Waals surface area contributed by atoms with Gasteiger partial charge in [-0.05, 0) is 50.3 Å². The number of anilines is 1. The van der Waals surface area contributed by atoms with E-state index in [1.807, 2.05) is 84.6 Å². The Labute approximate surface area is 222 Å².